The average Bonchev–Trinajstić information content (AvgIpc) is 2.57. The molecule has 4 heteroatoms. The van der Waals surface area contributed by atoms with Gasteiger partial charge in [0, 0.05) is 48.6 Å². The van der Waals surface area contributed by atoms with Gasteiger partial charge in [0.15, 0.2) is 0 Å². The molecule has 2 bridgehead atoms. The molecule has 0 fully saturated rings. The first-order chi connectivity index (χ1) is 8.24. The van der Waals surface area contributed by atoms with Crippen LogP contribution in [0.1, 0.15) is 27.2 Å². The molecule has 0 saturated carbocycles. The van der Waals surface area contributed by atoms with Gasteiger partial charge in [0.2, 0.25) is 0 Å². The number of ether oxygens (including phenoxy) is 1. The molecular formula is C13H18INOS. The van der Waals surface area contributed by atoms with Crippen molar-refractivity contribution in [2.45, 2.75) is 27.2 Å². The molecule has 0 aromatic carbocycles. The molecule has 2 aliphatic rings. The third-order valence-electron chi connectivity index (χ3n) is 2.54. The van der Waals surface area contributed by atoms with Crippen LogP contribution < -0.4 is 0 Å². The molecule has 1 heterocycles. The van der Waals surface area contributed by atoms with Crippen molar-refractivity contribution in [3.8, 4) is 0 Å². The van der Waals surface area contributed by atoms with Gasteiger partial charge in [-0.2, -0.15) is 0 Å². The van der Waals surface area contributed by atoms with Gasteiger partial charge in [0.05, 0.1) is 7.11 Å². The topological polar surface area (TPSA) is 12.5 Å². The number of rotatable bonds is 2. The molecule has 94 valence electrons. The van der Waals surface area contributed by atoms with Crippen molar-refractivity contribution in [1.29, 1.82) is 0 Å². The van der Waals surface area contributed by atoms with Crippen LogP contribution in [0.15, 0.2) is 47.0 Å². The fourth-order valence-electron chi connectivity index (χ4n) is 1.64. The molecule has 0 radical (unpaired) electrons. The fraction of sp³-hybridized carbons (Fsp3) is 0.385. The van der Waals surface area contributed by atoms with E-state index in [2.05, 4.69) is 50.8 Å². The summed E-state index contributed by atoms with van der Waals surface area (Å²) in [7, 11) is 3.41. The summed E-state index contributed by atoms with van der Waals surface area (Å²) >= 11 is 2.30. The summed E-state index contributed by atoms with van der Waals surface area (Å²) in [5.74, 6) is 0.924. The molecule has 0 amide bonds. The standard InChI is InChI=1S/C11H12INOS.C2H6/c1-8-7-13(15-12)10-3-4-11(14-2)6-9(8)5-10;1-2/h3-4,6-7H,5H2,1-2H3;1-2H3. The van der Waals surface area contributed by atoms with Crippen molar-refractivity contribution < 1.29 is 4.74 Å². The summed E-state index contributed by atoms with van der Waals surface area (Å²) in [5.41, 5.74) is 3.95. The number of hydrogen-bond acceptors (Lipinski definition) is 3. The van der Waals surface area contributed by atoms with Crippen LogP contribution in [0.3, 0.4) is 0 Å². The van der Waals surface area contributed by atoms with Crippen molar-refractivity contribution in [1.82, 2.24) is 4.31 Å². The maximum absolute atomic E-state index is 5.28. The number of nitrogens with zero attached hydrogens (tertiary/aromatic N) is 1. The molecule has 0 N–H and O–H groups in total. The molecule has 1 aliphatic heterocycles. The Hall–Kier alpha value is -0.360. The lowest BCUT2D eigenvalue weighted by molar-refractivity contribution is 0.306. The van der Waals surface area contributed by atoms with E-state index in [-0.39, 0.29) is 0 Å². The van der Waals surface area contributed by atoms with E-state index in [1.807, 2.05) is 19.9 Å². The van der Waals surface area contributed by atoms with Gasteiger partial charge >= 0.3 is 0 Å². The molecule has 0 aromatic heterocycles. The van der Waals surface area contributed by atoms with Gasteiger partial charge in [0.25, 0.3) is 0 Å². The number of hydrogen-bond donors (Lipinski definition) is 0. The lowest BCUT2D eigenvalue weighted by Gasteiger charge is -2.26. The molecular weight excluding hydrogens is 345 g/mol. The zero-order valence-corrected chi connectivity index (χ0v) is 13.6. The molecule has 2 nitrogen and oxygen atoms in total. The van der Waals surface area contributed by atoms with Crippen molar-refractivity contribution in [3.63, 3.8) is 0 Å². The molecule has 2 rings (SSSR count). The number of methoxy groups -OCH3 is 1. The second kappa shape index (κ2) is 7.16. The second-order valence-corrected chi connectivity index (χ2v) is 5.20. The number of fused-ring (bicyclic) bond motifs is 2. The van der Waals surface area contributed by atoms with Crippen LogP contribution in [0, 0.1) is 0 Å². The van der Waals surface area contributed by atoms with Gasteiger partial charge in [-0.05, 0) is 36.3 Å². The third kappa shape index (κ3) is 3.55. The minimum Gasteiger partial charge on any atom is -0.497 e. The van der Waals surface area contributed by atoms with Gasteiger partial charge in [-0.3, -0.25) is 4.31 Å². The molecule has 0 unspecified atom stereocenters. The Bertz CT molecular complexity index is 396. The Balaban J connectivity index is 0.000000686. The van der Waals surface area contributed by atoms with Crippen LogP contribution >= 0.6 is 30.3 Å². The first kappa shape index (κ1) is 14.7. The van der Waals surface area contributed by atoms with E-state index in [1.54, 1.807) is 16.2 Å². The number of halogens is 1. The highest BCUT2D eigenvalue weighted by molar-refractivity contribution is 14.2. The summed E-state index contributed by atoms with van der Waals surface area (Å²) in [4.78, 5) is 0. The highest BCUT2D eigenvalue weighted by Gasteiger charge is 2.19. The lowest BCUT2D eigenvalue weighted by atomic mass is 10.0. The Morgan fingerprint density at radius 1 is 1.35 bits per heavy atom. The zero-order valence-electron chi connectivity index (χ0n) is 10.7. The first-order valence-corrected chi connectivity index (χ1v) is 8.98. The van der Waals surface area contributed by atoms with Crippen LogP contribution in [0.5, 0.6) is 0 Å². The van der Waals surface area contributed by atoms with E-state index < -0.39 is 0 Å². The summed E-state index contributed by atoms with van der Waals surface area (Å²) in [6, 6.07) is 0. The van der Waals surface area contributed by atoms with E-state index in [1.165, 1.54) is 16.8 Å². The maximum atomic E-state index is 5.28. The van der Waals surface area contributed by atoms with E-state index in [4.69, 9.17) is 4.74 Å². The minimum absolute atomic E-state index is 0.924. The number of allylic oxidation sites excluding steroid dienone is 5. The third-order valence-corrected chi connectivity index (χ3v) is 4.30. The Labute approximate surface area is 120 Å². The van der Waals surface area contributed by atoms with E-state index in [0.29, 0.717) is 0 Å². The van der Waals surface area contributed by atoms with Crippen LogP contribution in [0.4, 0.5) is 0 Å². The summed E-state index contributed by atoms with van der Waals surface area (Å²) in [6.45, 7) is 6.14. The van der Waals surface area contributed by atoms with E-state index in [0.717, 1.165) is 12.2 Å². The van der Waals surface area contributed by atoms with E-state index >= 15 is 0 Å². The largest absolute Gasteiger partial charge is 0.497 e. The maximum Gasteiger partial charge on any atom is 0.119 e. The van der Waals surface area contributed by atoms with Gasteiger partial charge < -0.3 is 4.74 Å². The van der Waals surface area contributed by atoms with Gasteiger partial charge in [-0.25, -0.2) is 0 Å². The second-order valence-electron chi connectivity index (χ2n) is 3.48. The van der Waals surface area contributed by atoms with Gasteiger partial charge in [0.1, 0.15) is 5.76 Å². The van der Waals surface area contributed by atoms with Crippen molar-refractivity contribution in [2.24, 2.45) is 0 Å². The smallest absolute Gasteiger partial charge is 0.119 e. The van der Waals surface area contributed by atoms with Crippen LogP contribution in [-0.2, 0) is 4.74 Å². The summed E-state index contributed by atoms with van der Waals surface area (Å²) in [6.07, 6.45) is 9.42. The monoisotopic (exact) mass is 363 g/mol. The lowest BCUT2D eigenvalue weighted by Crippen LogP contribution is -2.12. The normalized spacial score (nSPS) is 17.8. The predicted octanol–water partition coefficient (Wildman–Crippen LogP) is 4.97. The van der Waals surface area contributed by atoms with Gasteiger partial charge in [-0.15, -0.1) is 0 Å². The Morgan fingerprint density at radius 2 is 2.06 bits per heavy atom. The van der Waals surface area contributed by atoms with E-state index in [9.17, 15) is 0 Å². The highest BCUT2D eigenvalue weighted by Crippen LogP contribution is 2.37. The fourth-order valence-corrected chi connectivity index (χ4v) is 3.15. The Morgan fingerprint density at radius 3 is 2.65 bits per heavy atom. The van der Waals surface area contributed by atoms with Crippen molar-refractivity contribution in [2.75, 3.05) is 7.11 Å². The van der Waals surface area contributed by atoms with Crippen molar-refractivity contribution in [3.05, 3.63) is 47.0 Å². The highest BCUT2D eigenvalue weighted by atomic mass is 127. The quantitative estimate of drug-likeness (QED) is 0.508. The molecule has 0 atom stereocenters. The van der Waals surface area contributed by atoms with Crippen molar-refractivity contribution >= 4 is 30.3 Å². The predicted molar refractivity (Wildman–Crippen MR) is 84.4 cm³/mol. The molecule has 17 heavy (non-hydrogen) atoms. The Kier molecular flexibility index (Phi) is 6.19. The summed E-state index contributed by atoms with van der Waals surface area (Å²) in [5, 5.41) is 0. The summed E-state index contributed by atoms with van der Waals surface area (Å²) < 4.78 is 7.48. The molecule has 0 saturated heterocycles. The van der Waals surface area contributed by atoms with Crippen LogP contribution in [0.25, 0.3) is 0 Å². The molecule has 1 aliphatic carbocycles. The molecule has 0 aromatic rings. The van der Waals surface area contributed by atoms with Crippen LogP contribution in [0.2, 0.25) is 0 Å². The first-order valence-electron chi connectivity index (χ1n) is 5.66. The SMILES string of the molecule is CC.COC1=CC=C2CC(=C1)C(C)=CN2SI. The minimum atomic E-state index is 0.924. The zero-order chi connectivity index (χ0) is 12.8. The van der Waals surface area contributed by atoms with Crippen LogP contribution in [-0.4, -0.2) is 11.4 Å². The molecule has 0 spiro atoms. The van der Waals surface area contributed by atoms with Gasteiger partial charge in [-0.1, -0.05) is 13.8 Å². The average molecular weight is 363 g/mol.